The smallest absolute Gasteiger partial charge is 0.347 e. The van der Waals surface area contributed by atoms with Gasteiger partial charge in [-0.3, -0.25) is 14.4 Å². The van der Waals surface area contributed by atoms with E-state index in [4.69, 9.17) is 9.47 Å². The Balaban J connectivity index is 2.30. The first-order chi connectivity index (χ1) is 11.2. The highest BCUT2D eigenvalue weighted by atomic mass is 16.7. The molecule has 24 heavy (non-hydrogen) atoms. The number of esters is 2. The predicted octanol–water partition coefficient (Wildman–Crippen LogP) is 0.505. The van der Waals surface area contributed by atoms with Crippen molar-refractivity contribution in [1.82, 2.24) is 5.06 Å². The standard InChI is InChI=1S/C15H21NO8/c1-9(2)8-22-15(21)10(3)23-13(19)6-7-14(20)24-16-11(17)4-5-12(16)18/h9-10H,4-8H2,1-3H3/t10-/m0/s1. The number of carbonyl (C=O) groups excluding carboxylic acids is 5. The zero-order valence-corrected chi connectivity index (χ0v) is 13.9. The monoisotopic (exact) mass is 343 g/mol. The van der Waals surface area contributed by atoms with Gasteiger partial charge in [-0.2, -0.15) is 0 Å². The fourth-order valence-corrected chi connectivity index (χ4v) is 1.68. The van der Waals surface area contributed by atoms with E-state index in [0.29, 0.717) is 5.06 Å². The van der Waals surface area contributed by atoms with Gasteiger partial charge in [0.2, 0.25) is 0 Å². The molecular formula is C15H21NO8. The molecule has 0 saturated carbocycles. The molecule has 1 heterocycles. The highest BCUT2D eigenvalue weighted by molar-refractivity contribution is 6.01. The van der Waals surface area contributed by atoms with Crippen molar-refractivity contribution in [2.24, 2.45) is 5.92 Å². The van der Waals surface area contributed by atoms with E-state index < -0.39 is 35.8 Å². The lowest BCUT2D eigenvalue weighted by Crippen LogP contribution is -2.32. The van der Waals surface area contributed by atoms with Gasteiger partial charge in [0.05, 0.1) is 19.4 Å². The fourth-order valence-electron chi connectivity index (χ4n) is 1.68. The maximum Gasteiger partial charge on any atom is 0.347 e. The van der Waals surface area contributed by atoms with E-state index >= 15 is 0 Å². The lowest BCUT2D eigenvalue weighted by molar-refractivity contribution is -0.197. The molecule has 0 aromatic rings. The number of carbonyl (C=O) groups is 5. The quantitative estimate of drug-likeness (QED) is 0.462. The van der Waals surface area contributed by atoms with Gasteiger partial charge < -0.3 is 14.3 Å². The second-order valence-electron chi connectivity index (χ2n) is 5.70. The second kappa shape index (κ2) is 8.99. The molecule has 0 spiro atoms. The predicted molar refractivity (Wildman–Crippen MR) is 77.8 cm³/mol. The molecule has 1 saturated heterocycles. The van der Waals surface area contributed by atoms with Crippen LogP contribution in [0.4, 0.5) is 0 Å². The summed E-state index contributed by atoms with van der Waals surface area (Å²) in [5.41, 5.74) is 0. The summed E-state index contributed by atoms with van der Waals surface area (Å²) >= 11 is 0. The van der Waals surface area contributed by atoms with Crippen molar-refractivity contribution < 1.29 is 38.3 Å². The van der Waals surface area contributed by atoms with Gasteiger partial charge in [0.25, 0.3) is 11.8 Å². The summed E-state index contributed by atoms with van der Waals surface area (Å²) < 4.78 is 9.75. The van der Waals surface area contributed by atoms with Crippen molar-refractivity contribution in [2.45, 2.75) is 52.6 Å². The summed E-state index contributed by atoms with van der Waals surface area (Å²) in [6, 6.07) is 0. The average Bonchev–Trinajstić information content (AvgIpc) is 2.82. The van der Waals surface area contributed by atoms with E-state index in [1.807, 2.05) is 13.8 Å². The van der Waals surface area contributed by atoms with Crippen LogP contribution in [-0.4, -0.2) is 47.5 Å². The van der Waals surface area contributed by atoms with Crippen molar-refractivity contribution in [2.75, 3.05) is 6.61 Å². The minimum absolute atomic E-state index is 0.00976. The Morgan fingerprint density at radius 1 is 1.00 bits per heavy atom. The number of hydrogen-bond acceptors (Lipinski definition) is 8. The molecule has 2 amide bonds. The van der Waals surface area contributed by atoms with Crippen molar-refractivity contribution in [3.63, 3.8) is 0 Å². The van der Waals surface area contributed by atoms with Crippen molar-refractivity contribution >= 4 is 29.7 Å². The summed E-state index contributed by atoms with van der Waals surface area (Å²) in [6.45, 7) is 5.31. The zero-order valence-electron chi connectivity index (χ0n) is 13.9. The van der Waals surface area contributed by atoms with Crippen molar-refractivity contribution in [1.29, 1.82) is 0 Å². The largest absolute Gasteiger partial charge is 0.463 e. The summed E-state index contributed by atoms with van der Waals surface area (Å²) in [6.07, 6.45) is -1.84. The Morgan fingerprint density at radius 3 is 2.08 bits per heavy atom. The number of ether oxygens (including phenoxy) is 2. The summed E-state index contributed by atoms with van der Waals surface area (Å²) in [7, 11) is 0. The van der Waals surface area contributed by atoms with Gasteiger partial charge in [0.15, 0.2) is 6.10 Å². The van der Waals surface area contributed by atoms with E-state index in [1.165, 1.54) is 6.92 Å². The van der Waals surface area contributed by atoms with Gasteiger partial charge in [-0.1, -0.05) is 13.8 Å². The third-order valence-electron chi connectivity index (χ3n) is 2.93. The molecule has 9 heteroatoms. The first-order valence-corrected chi connectivity index (χ1v) is 7.63. The molecule has 0 bridgehead atoms. The second-order valence-corrected chi connectivity index (χ2v) is 5.70. The van der Waals surface area contributed by atoms with E-state index in [1.54, 1.807) is 0 Å². The Hall–Kier alpha value is -2.45. The van der Waals surface area contributed by atoms with E-state index in [2.05, 4.69) is 4.84 Å². The van der Waals surface area contributed by atoms with Crippen LogP contribution in [0.5, 0.6) is 0 Å². The van der Waals surface area contributed by atoms with E-state index in [-0.39, 0.29) is 38.2 Å². The van der Waals surface area contributed by atoms with Gasteiger partial charge >= 0.3 is 17.9 Å². The van der Waals surface area contributed by atoms with E-state index in [9.17, 15) is 24.0 Å². The first-order valence-electron chi connectivity index (χ1n) is 7.63. The molecular weight excluding hydrogens is 322 g/mol. The molecule has 134 valence electrons. The molecule has 1 aliphatic rings. The zero-order chi connectivity index (χ0) is 18.3. The minimum atomic E-state index is -1.09. The lowest BCUT2D eigenvalue weighted by Gasteiger charge is -2.14. The van der Waals surface area contributed by atoms with Crippen LogP contribution in [0.25, 0.3) is 0 Å². The Bertz CT molecular complexity index is 512. The first kappa shape index (κ1) is 19.6. The van der Waals surface area contributed by atoms with Crippen LogP contribution in [0.3, 0.4) is 0 Å². The molecule has 1 aliphatic heterocycles. The van der Waals surface area contributed by atoms with Gasteiger partial charge in [-0.25, -0.2) is 9.59 Å². The van der Waals surface area contributed by atoms with Gasteiger partial charge in [0, 0.05) is 12.8 Å². The van der Waals surface area contributed by atoms with Gasteiger partial charge in [0.1, 0.15) is 0 Å². The number of amides is 2. The molecule has 1 fully saturated rings. The molecule has 0 aliphatic carbocycles. The van der Waals surface area contributed by atoms with Crippen LogP contribution < -0.4 is 0 Å². The van der Waals surface area contributed by atoms with Crippen molar-refractivity contribution in [3.05, 3.63) is 0 Å². The highest BCUT2D eigenvalue weighted by Gasteiger charge is 2.33. The Labute approximate surface area is 139 Å². The summed E-state index contributed by atoms with van der Waals surface area (Å²) in [5.74, 6) is -3.42. The van der Waals surface area contributed by atoms with Gasteiger partial charge in [-0.15, -0.1) is 5.06 Å². The summed E-state index contributed by atoms with van der Waals surface area (Å²) in [4.78, 5) is 61.8. The molecule has 1 atom stereocenters. The maximum atomic E-state index is 11.6. The average molecular weight is 343 g/mol. The number of nitrogens with zero attached hydrogens (tertiary/aromatic N) is 1. The third-order valence-corrected chi connectivity index (χ3v) is 2.93. The van der Waals surface area contributed by atoms with Crippen LogP contribution >= 0.6 is 0 Å². The fraction of sp³-hybridized carbons (Fsp3) is 0.667. The van der Waals surface area contributed by atoms with Crippen LogP contribution in [0.15, 0.2) is 0 Å². The van der Waals surface area contributed by atoms with Crippen LogP contribution in [-0.2, 0) is 38.3 Å². The number of rotatable bonds is 8. The maximum absolute atomic E-state index is 11.6. The Morgan fingerprint density at radius 2 is 1.54 bits per heavy atom. The summed E-state index contributed by atoms with van der Waals surface area (Å²) in [5, 5.41) is 0.402. The molecule has 0 aromatic heterocycles. The number of hydroxylamine groups is 2. The molecule has 0 N–H and O–H groups in total. The SMILES string of the molecule is CC(C)COC(=O)[C@H](C)OC(=O)CCC(=O)ON1C(=O)CCC1=O. The van der Waals surface area contributed by atoms with E-state index in [0.717, 1.165) is 0 Å². The minimum Gasteiger partial charge on any atom is -0.463 e. The molecule has 9 nitrogen and oxygen atoms in total. The lowest BCUT2D eigenvalue weighted by atomic mass is 10.2. The molecule has 1 rings (SSSR count). The van der Waals surface area contributed by atoms with Crippen LogP contribution in [0.2, 0.25) is 0 Å². The Kier molecular flexibility index (Phi) is 7.34. The normalized spacial score (nSPS) is 15.4. The number of hydrogen-bond donors (Lipinski definition) is 0. The molecule has 0 aromatic carbocycles. The van der Waals surface area contributed by atoms with Gasteiger partial charge in [-0.05, 0) is 12.8 Å². The molecule has 0 radical (unpaired) electrons. The number of imide groups is 1. The highest BCUT2D eigenvalue weighted by Crippen LogP contribution is 2.13. The van der Waals surface area contributed by atoms with Crippen molar-refractivity contribution in [3.8, 4) is 0 Å². The van der Waals surface area contributed by atoms with Crippen LogP contribution in [0.1, 0.15) is 46.5 Å². The molecule has 0 unspecified atom stereocenters. The topological polar surface area (TPSA) is 116 Å². The third kappa shape index (κ3) is 6.35. The van der Waals surface area contributed by atoms with Crippen LogP contribution in [0, 0.1) is 5.92 Å².